The molecule has 11 nitrogen and oxygen atoms in total. The van der Waals surface area contributed by atoms with Gasteiger partial charge in [-0.3, -0.25) is 9.59 Å². The minimum absolute atomic E-state index is 0.0207. The molecule has 7 unspecified atom stereocenters. The van der Waals surface area contributed by atoms with E-state index in [0.717, 1.165) is 51.4 Å². The van der Waals surface area contributed by atoms with Crippen molar-refractivity contribution in [3.63, 3.8) is 0 Å². The number of allylic oxidation sites excluding steroid dienone is 5. The van der Waals surface area contributed by atoms with Crippen LogP contribution >= 0.6 is 0 Å². The van der Waals surface area contributed by atoms with Gasteiger partial charge in [-0.1, -0.05) is 359 Å². The number of ether oxygens (including phenoxy) is 3. The van der Waals surface area contributed by atoms with Crippen LogP contribution in [0.25, 0.3) is 0 Å². The molecule has 0 aromatic heterocycles. The van der Waals surface area contributed by atoms with Gasteiger partial charge >= 0.3 is 5.97 Å². The van der Waals surface area contributed by atoms with Gasteiger partial charge in [0.05, 0.1) is 32.0 Å². The number of aliphatic hydroxyl groups excluding tert-OH is 5. The fourth-order valence-corrected chi connectivity index (χ4v) is 12.9. The molecule has 0 bridgehead atoms. The van der Waals surface area contributed by atoms with Crippen LogP contribution in [0.4, 0.5) is 0 Å². The first-order chi connectivity index (χ1) is 45.2. The Bertz CT molecular complexity index is 1620. The number of rotatable bonds is 72. The highest BCUT2D eigenvalue weighted by Gasteiger charge is 2.44. The molecule has 0 radical (unpaired) electrons. The Morgan fingerprint density at radius 1 is 0.391 bits per heavy atom. The summed E-state index contributed by atoms with van der Waals surface area (Å²) in [4.78, 5) is 25.1. The lowest BCUT2D eigenvalue weighted by Gasteiger charge is -2.40. The van der Waals surface area contributed by atoms with Gasteiger partial charge in [0.25, 0.3) is 0 Å². The Hall–Kier alpha value is -2.12. The maximum atomic E-state index is 13.0. The Morgan fingerprint density at radius 2 is 0.707 bits per heavy atom. The van der Waals surface area contributed by atoms with Gasteiger partial charge in [0.2, 0.25) is 5.91 Å². The summed E-state index contributed by atoms with van der Waals surface area (Å²) in [6.07, 6.45) is 82.2. The monoisotopic (exact) mass is 1300 g/mol. The van der Waals surface area contributed by atoms with E-state index in [4.69, 9.17) is 14.2 Å². The lowest BCUT2D eigenvalue weighted by molar-refractivity contribution is -0.302. The van der Waals surface area contributed by atoms with Crippen molar-refractivity contribution >= 4 is 11.9 Å². The Morgan fingerprint density at radius 3 is 1.10 bits per heavy atom. The van der Waals surface area contributed by atoms with Gasteiger partial charge in [-0.15, -0.1) is 0 Å². The van der Waals surface area contributed by atoms with Gasteiger partial charge in [-0.2, -0.15) is 0 Å². The topological polar surface area (TPSA) is 175 Å². The first kappa shape index (κ1) is 87.9. The standard InChI is InChI=1S/C81H153NO10/c1-3-5-7-9-11-13-14-15-16-43-46-49-53-57-61-65-69-77(86)90-70-66-62-58-54-50-47-44-41-39-37-35-33-31-29-27-25-23-21-19-17-18-20-22-24-26-28-30-32-34-36-38-40-42-45-48-52-56-60-64-68-76(85)82-73(74(84)67-63-59-55-51-12-10-8-6-4-2)72-91-81-80(89)79(88)78(87)75(71-83)92-81/h12,17-18,51,63,67,73-75,78-81,83-84,87-89H,3-11,13-16,19-50,52-62,64-66,68-72H2,1-2H3,(H,82,85)/b18-17-,51-12+,67-63+. The van der Waals surface area contributed by atoms with Crippen LogP contribution in [0.5, 0.6) is 0 Å². The number of hydrogen-bond acceptors (Lipinski definition) is 10. The Labute approximate surface area is 568 Å². The molecule has 1 aliphatic heterocycles. The van der Waals surface area contributed by atoms with E-state index in [0.29, 0.717) is 19.4 Å². The van der Waals surface area contributed by atoms with Crippen molar-refractivity contribution in [3.8, 4) is 0 Å². The van der Waals surface area contributed by atoms with Crippen molar-refractivity contribution in [1.82, 2.24) is 5.32 Å². The zero-order valence-electron chi connectivity index (χ0n) is 60.5. The zero-order chi connectivity index (χ0) is 66.5. The molecular formula is C81H153NO10. The Kier molecular flexibility index (Phi) is 67.1. The predicted octanol–water partition coefficient (Wildman–Crippen LogP) is 21.7. The quantitative estimate of drug-likeness (QED) is 0.0195. The summed E-state index contributed by atoms with van der Waals surface area (Å²) in [5.41, 5.74) is 0. The molecule has 0 spiro atoms. The summed E-state index contributed by atoms with van der Waals surface area (Å²) in [5, 5.41) is 54.3. The summed E-state index contributed by atoms with van der Waals surface area (Å²) in [6, 6.07) is -0.823. The third-order valence-corrected chi connectivity index (χ3v) is 19.2. The lowest BCUT2D eigenvalue weighted by atomic mass is 9.99. The van der Waals surface area contributed by atoms with Gasteiger partial charge in [0.15, 0.2) is 6.29 Å². The van der Waals surface area contributed by atoms with Crippen molar-refractivity contribution in [2.24, 2.45) is 0 Å². The van der Waals surface area contributed by atoms with Crippen molar-refractivity contribution in [1.29, 1.82) is 0 Å². The first-order valence-electron chi connectivity index (χ1n) is 40.3. The molecule has 1 saturated heterocycles. The summed E-state index contributed by atoms with van der Waals surface area (Å²) >= 11 is 0. The van der Waals surface area contributed by atoms with E-state index in [-0.39, 0.29) is 18.5 Å². The van der Waals surface area contributed by atoms with Crippen LogP contribution in [-0.4, -0.2) is 100 Å². The van der Waals surface area contributed by atoms with Crippen molar-refractivity contribution < 1.29 is 49.3 Å². The van der Waals surface area contributed by atoms with Crippen molar-refractivity contribution in [2.75, 3.05) is 19.8 Å². The third-order valence-electron chi connectivity index (χ3n) is 19.2. The van der Waals surface area contributed by atoms with Crippen molar-refractivity contribution in [3.05, 3.63) is 36.5 Å². The third kappa shape index (κ3) is 58.1. The van der Waals surface area contributed by atoms with E-state index < -0.39 is 49.5 Å². The lowest BCUT2D eigenvalue weighted by Crippen LogP contribution is -2.60. The molecule has 1 aliphatic rings. The van der Waals surface area contributed by atoms with Gasteiger partial charge in [-0.25, -0.2) is 0 Å². The molecule has 542 valence electrons. The molecule has 6 N–H and O–H groups in total. The molecule has 1 fully saturated rings. The largest absolute Gasteiger partial charge is 0.466 e. The van der Waals surface area contributed by atoms with Crippen LogP contribution in [0.1, 0.15) is 406 Å². The number of nitrogens with one attached hydrogen (secondary N) is 1. The number of carbonyl (C=O) groups excluding carboxylic acids is 2. The molecule has 1 amide bonds. The molecule has 11 heteroatoms. The fourth-order valence-electron chi connectivity index (χ4n) is 12.9. The zero-order valence-corrected chi connectivity index (χ0v) is 60.5. The number of amides is 1. The van der Waals surface area contributed by atoms with Gasteiger partial charge in [-0.05, 0) is 70.6 Å². The van der Waals surface area contributed by atoms with E-state index in [9.17, 15) is 35.1 Å². The fraction of sp³-hybridized carbons (Fsp3) is 0.901. The van der Waals surface area contributed by atoms with E-state index >= 15 is 0 Å². The van der Waals surface area contributed by atoms with E-state index in [1.165, 1.54) is 327 Å². The van der Waals surface area contributed by atoms with Crippen LogP contribution in [0.3, 0.4) is 0 Å². The number of unbranched alkanes of at least 4 members (excludes halogenated alkanes) is 54. The molecular weight excluding hydrogens is 1150 g/mol. The van der Waals surface area contributed by atoms with E-state index in [1.54, 1.807) is 6.08 Å². The molecule has 1 rings (SSSR count). The second-order valence-electron chi connectivity index (χ2n) is 28.1. The molecule has 7 atom stereocenters. The predicted molar refractivity (Wildman–Crippen MR) is 389 cm³/mol. The normalized spacial score (nSPS) is 17.7. The number of esters is 1. The van der Waals surface area contributed by atoms with Gasteiger partial charge in [0, 0.05) is 12.8 Å². The second kappa shape index (κ2) is 70.2. The van der Waals surface area contributed by atoms with Crippen LogP contribution in [0, 0.1) is 0 Å². The maximum absolute atomic E-state index is 13.0. The summed E-state index contributed by atoms with van der Waals surface area (Å²) in [7, 11) is 0. The first-order valence-corrected chi connectivity index (χ1v) is 40.3. The summed E-state index contributed by atoms with van der Waals surface area (Å²) in [6.45, 7) is 4.33. The van der Waals surface area contributed by atoms with Crippen molar-refractivity contribution in [2.45, 2.75) is 448 Å². The SMILES string of the molecule is CCCCC/C=C/CC/C=C/C(O)C(COC1OC(CO)C(O)C(O)C1O)NC(=O)CCCCCCCCCCCCCCCCCCC/C=C\CCCCCCCCCCCCCCCCCCCCOC(=O)CCCCCCCCCCCCCCCCCC. The van der Waals surface area contributed by atoms with Gasteiger partial charge < -0.3 is 45.1 Å². The number of aliphatic hydroxyl groups is 5. The molecule has 0 saturated carbocycles. The van der Waals surface area contributed by atoms with E-state index in [1.807, 2.05) is 6.08 Å². The van der Waals surface area contributed by atoms with Gasteiger partial charge in [0.1, 0.15) is 24.4 Å². The van der Waals surface area contributed by atoms with Crippen LogP contribution < -0.4 is 5.32 Å². The minimum Gasteiger partial charge on any atom is -0.466 e. The molecule has 0 aromatic carbocycles. The highest BCUT2D eigenvalue weighted by molar-refractivity contribution is 5.76. The molecule has 0 aromatic rings. The minimum atomic E-state index is -1.57. The smallest absolute Gasteiger partial charge is 0.305 e. The number of carbonyl (C=O) groups is 2. The van der Waals surface area contributed by atoms with Crippen LogP contribution in [-0.2, 0) is 23.8 Å². The highest BCUT2D eigenvalue weighted by Crippen LogP contribution is 2.24. The second-order valence-corrected chi connectivity index (χ2v) is 28.1. The molecule has 92 heavy (non-hydrogen) atoms. The maximum Gasteiger partial charge on any atom is 0.305 e. The summed E-state index contributed by atoms with van der Waals surface area (Å²) < 4.78 is 16.7. The average molecular weight is 1300 g/mol. The Balaban J connectivity index is 1.84. The average Bonchev–Trinajstić information content (AvgIpc) is 0.924. The molecule has 1 heterocycles. The molecule has 0 aliphatic carbocycles. The highest BCUT2D eigenvalue weighted by atomic mass is 16.7. The van der Waals surface area contributed by atoms with Crippen LogP contribution in [0.15, 0.2) is 36.5 Å². The number of hydrogen-bond donors (Lipinski definition) is 6. The van der Waals surface area contributed by atoms with E-state index in [2.05, 4.69) is 43.5 Å². The summed E-state index contributed by atoms with van der Waals surface area (Å²) in [5.74, 6) is -0.168. The van der Waals surface area contributed by atoms with Crippen LogP contribution in [0.2, 0.25) is 0 Å².